The molecular weight excluding hydrogens is 736 g/mol. The molecule has 0 aromatic carbocycles. The minimum absolute atomic E-state index is 0. The van der Waals surface area contributed by atoms with E-state index in [0.717, 1.165) is 50.1 Å². The van der Waals surface area contributed by atoms with Gasteiger partial charge >= 0.3 is 18.9 Å². The predicted molar refractivity (Wildman–Crippen MR) is 248 cm³/mol. The molecule has 2 saturated heterocycles. The normalized spacial score (nSPS) is 25.3. The smallest absolute Gasteiger partial charge is 0.627 e. The van der Waals surface area contributed by atoms with Crippen LogP contribution in [0.5, 0.6) is 0 Å². The van der Waals surface area contributed by atoms with Crippen LogP contribution in [0.25, 0.3) is 0 Å². The monoisotopic (exact) mass is 829 g/mol. The van der Waals surface area contributed by atoms with Gasteiger partial charge in [0.05, 0.1) is 0 Å². The van der Waals surface area contributed by atoms with Crippen LogP contribution in [0.15, 0.2) is 0 Å². The SMILES string of the molecule is C1CCOC1.C1CCOC1.CC(C)(C)[Si](C)(O[Si](=C1C2CC3CC(C2)CC1C3)[Si-]([Si](C)(C(C)(C)C)C(C)(C)C)[Si](C)(C(C)(C)C)C(C)(C)C)C(C)(C)C.[Li+]. The fourth-order valence-electron chi connectivity index (χ4n) is 11.7. The van der Waals surface area contributed by atoms with Crippen LogP contribution >= 0.6 is 0 Å². The van der Waals surface area contributed by atoms with E-state index in [2.05, 4.69) is 149 Å². The van der Waals surface area contributed by atoms with Gasteiger partial charge in [-0.15, -0.1) is 0 Å². The van der Waals surface area contributed by atoms with E-state index < -0.39 is 39.0 Å². The van der Waals surface area contributed by atoms with Crippen LogP contribution in [-0.2, 0) is 13.6 Å². The zero-order valence-corrected chi connectivity index (χ0v) is 45.7. The third-order valence-electron chi connectivity index (χ3n) is 16.3. The molecule has 6 rings (SSSR count). The van der Waals surface area contributed by atoms with Crippen molar-refractivity contribution in [2.75, 3.05) is 26.4 Å². The van der Waals surface area contributed by atoms with Gasteiger partial charge in [0.25, 0.3) is 0 Å². The van der Waals surface area contributed by atoms with Gasteiger partial charge in [0.2, 0.25) is 8.32 Å². The maximum atomic E-state index is 8.65. The molecule has 0 spiro atoms. The number of hydrogen-bond acceptors (Lipinski definition) is 3. The maximum absolute atomic E-state index is 8.65. The molecule has 4 aliphatic carbocycles. The number of hydrogen-bond donors (Lipinski definition) is 0. The second kappa shape index (κ2) is 18.1. The van der Waals surface area contributed by atoms with Crippen molar-refractivity contribution in [3.63, 3.8) is 0 Å². The van der Waals surface area contributed by atoms with E-state index in [1.165, 1.54) is 57.8 Å². The van der Waals surface area contributed by atoms with Crippen LogP contribution in [0.4, 0.5) is 0 Å². The van der Waals surface area contributed by atoms with E-state index in [-0.39, 0.29) is 28.9 Å². The molecule has 312 valence electrons. The fourth-order valence-corrected chi connectivity index (χ4v) is 98.9. The fraction of sp³-hybridized carbons (Fsp3) is 0.978. The first-order valence-corrected chi connectivity index (χ1v) is 35.5. The van der Waals surface area contributed by atoms with Crippen molar-refractivity contribution in [1.29, 1.82) is 0 Å². The van der Waals surface area contributed by atoms with Crippen molar-refractivity contribution in [3.05, 3.63) is 0 Å². The summed E-state index contributed by atoms with van der Waals surface area (Å²) in [4.78, 5) is 0. The Labute approximate surface area is 356 Å². The number of rotatable bonds is 5. The average Bonchev–Trinajstić information content (AvgIpc) is 3.73. The summed E-state index contributed by atoms with van der Waals surface area (Å²) in [5.74, 6) is 3.72. The first-order chi connectivity index (χ1) is 23.8. The van der Waals surface area contributed by atoms with E-state index in [1.54, 1.807) is 0 Å². The zero-order chi connectivity index (χ0) is 40.9. The minimum Gasteiger partial charge on any atom is -0.627 e. The third kappa shape index (κ3) is 10.4. The van der Waals surface area contributed by atoms with Gasteiger partial charge in [-0.1, -0.05) is 178 Å². The van der Waals surface area contributed by atoms with E-state index in [0.29, 0.717) is 20.2 Å². The van der Waals surface area contributed by atoms with Crippen LogP contribution in [0.2, 0.25) is 49.9 Å². The van der Waals surface area contributed by atoms with Crippen LogP contribution in [0.1, 0.15) is 182 Å². The molecule has 0 amide bonds. The van der Waals surface area contributed by atoms with Gasteiger partial charge in [0, 0.05) is 34.6 Å². The van der Waals surface area contributed by atoms with Crippen molar-refractivity contribution < 1.29 is 32.4 Å². The second-order valence-electron chi connectivity index (χ2n) is 25.0. The first kappa shape index (κ1) is 51.4. The predicted octanol–water partition coefficient (Wildman–Crippen LogP) is 11.1. The Hall–Kier alpha value is 1.27. The molecular formula is C45H93LiO3Si5. The Balaban J connectivity index is 0.000000787. The molecule has 0 unspecified atom stereocenters. The summed E-state index contributed by atoms with van der Waals surface area (Å²) >= 11 is 0. The van der Waals surface area contributed by atoms with Gasteiger partial charge < -0.3 is 13.6 Å². The van der Waals surface area contributed by atoms with Crippen LogP contribution in [-0.4, -0.2) is 70.6 Å². The van der Waals surface area contributed by atoms with Gasteiger partial charge in [-0.2, -0.15) is 0 Å². The first-order valence-electron chi connectivity index (χ1n) is 22.2. The van der Waals surface area contributed by atoms with Crippen molar-refractivity contribution in [3.8, 4) is 0 Å². The van der Waals surface area contributed by atoms with Gasteiger partial charge in [-0.3, -0.25) is 0 Å². The Morgan fingerprint density at radius 2 is 0.759 bits per heavy atom. The minimum atomic E-state index is -2.22. The Bertz CT molecular complexity index is 1100. The Morgan fingerprint density at radius 1 is 0.481 bits per heavy atom. The molecule has 3 nitrogen and oxygen atoms in total. The Morgan fingerprint density at radius 3 is 0.963 bits per heavy atom. The molecule has 0 radical (unpaired) electrons. The average molecular weight is 830 g/mol. The van der Waals surface area contributed by atoms with Gasteiger partial charge in [0.1, 0.15) is 0 Å². The standard InChI is InChI=1S/C37H77OSi5.2C4H8O.Li/c1-32(2,3)41(19,33(4,5)6)38-39(31-29-23-27-22-28(25-29)26-30(31)24-27)40(42(20,34(7,8)9)35(10,11)12)43(21,36(13,14)15)37(16,17)18;2*1-2-4-5-3-1;/h27-30H,22-26H2,1-21H3;2*1-4H2;/q-1;;;+1. The van der Waals surface area contributed by atoms with E-state index in [9.17, 15) is 0 Å². The molecule has 54 heavy (non-hydrogen) atoms. The molecule has 4 saturated carbocycles. The summed E-state index contributed by atoms with van der Waals surface area (Å²) in [6.45, 7) is 60.0. The van der Waals surface area contributed by atoms with E-state index >= 15 is 0 Å². The molecule has 0 aromatic heterocycles. The molecule has 2 heterocycles. The Kier molecular flexibility index (Phi) is 17.2. The van der Waals surface area contributed by atoms with Gasteiger partial charge in [-0.25, -0.2) is 7.35 Å². The molecule has 9 heteroatoms. The summed E-state index contributed by atoms with van der Waals surface area (Å²) < 4.78 is 18.5. The molecule has 0 aromatic rings. The van der Waals surface area contributed by atoms with E-state index in [1.807, 2.05) is 0 Å². The van der Waals surface area contributed by atoms with Crippen molar-refractivity contribution in [2.45, 2.75) is 232 Å². The van der Waals surface area contributed by atoms with Crippen LogP contribution in [0, 0.1) is 23.7 Å². The van der Waals surface area contributed by atoms with Crippen molar-refractivity contribution in [1.82, 2.24) is 0 Å². The molecule has 2 aliphatic heterocycles. The summed E-state index contributed by atoms with van der Waals surface area (Å²) in [5.41, 5.74) is 0. The maximum Gasteiger partial charge on any atom is 1.00 e. The van der Waals surface area contributed by atoms with Crippen molar-refractivity contribution in [2.24, 2.45) is 23.7 Å². The molecule has 0 atom stereocenters. The third-order valence-corrected chi connectivity index (χ3v) is 80.5. The summed E-state index contributed by atoms with van der Waals surface area (Å²) in [6, 6.07) is 0. The topological polar surface area (TPSA) is 27.7 Å². The summed E-state index contributed by atoms with van der Waals surface area (Å²) in [7, 11) is -8.29. The quantitative estimate of drug-likeness (QED) is 0.258. The van der Waals surface area contributed by atoms with Crippen molar-refractivity contribution >= 4 is 44.2 Å². The molecule has 4 bridgehead atoms. The summed E-state index contributed by atoms with van der Waals surface area (Å²) in [6.07, 6.45) is 12.6. The van der Waals surface area contributed by atoms with Crippen LogP contribution < -0.4 is 18.9 Å². The second-order valence-corrected chi connectivity index (χ2v) is 59.7. The number of ether oxygens (including phenoxy) is 2. The summed E-state index contributed by atoms with van der Waals surface area (Å²) in [5, 5.41) is 3.81. The van der Waals surface area contributed by atoms with E-state index in [4.69, 9.17) is 13.6 Å². The van der Waals surface area contributed by atoms with Crippen LogP contribution in [0.3, 0.4) is 0 Å². The molecule has 0 N–H and O–H groups in total. The van der Waals surface area contributed by atoms with Gasteiger partial charge in [-0.05, 0) is 98.1 Å². The zero-order valence-electron chi connectivity index (χ0n) is 40.7. The molecule has 6 fully saturated rings. The molecule has 6 aliphatic rings. The largest absolute Gasteiger partial charge is 1.00 e. The van der Waals surface area contributed by atoms with Gasteiger partial charge in [0.15, 0.2) is 0 Å².